The van der Waals surface area contributed by atoms with Gasteiger partial charge in [-0.05, 0) is 73.1 Å². The van der Waals surface area contributed by atoms with Crippen LogP contribution in [-0.4, -0.2) is 52.0 Å². The molecule has 36 heavy (non-hydrogen) atoms. The minimum absolute atomic E-state index is 0.129. The van der Waals surface area contributed by atoms with Crippen LogP contribution in [0.15, 0.2) is 66.7 Å². The number of amides is 2. The van der Waals surface area contributed by atoms with Gasteiger partial charge in [0.25, 0.3) is 0 Å². The number of nitrogens with one attached hydrogen (secondary N) is 1. The van der Waals surface area contributed by atoms with Crippen molar-refractivity contribution in [3.05, 3.63) is 83.7 Å². The summed E-state index contributed by atoms with van der Waals surface area (Å²) in [6.45, 7) is 5.30. The van der Waals surface area contributed by atoms with Crippen LogP contribution >= 0.6 is 0 Å². The third kappa shape index (κ3) is 4.68. The number of aryl methyl sites for hydroxylation is 1. The molecule has 2 aliphatic rings. The van der Waals surface area contributed by atoms with Crippen molar-refractivity contribution in [1.29, 1.82) is 0 Å². The van der Waals surface area contributed by atoms with Crippen LogP contribution < -0.4 is 4.74 Å². The maximum absolute atomic E-state index is 13.6. The molecule has 3 aromatic carbocycles. The molecule has 1 unspecified atom stereocenters. The third-order valence-electron chi connectivity index (χ3n) is 7.40. The monoisotopic (exact) mass is 480 g/mol. The first-order valence-corrected chi connectivity index (χ1v) is 12.9. The lowest BCUT2D eigenvalue weighted by molar-refractivity contribution is 0.123. The molecule has 6 rings (SSSR count). The molecule has 2 aliphatic heterocycles. The van der Waals surface area contributed by atoms with Crippen molar-refractivity contribution in [2.45, 2.75) is 32.7 Å². The average molecular weight is 481 g/mol. The maximum Gasteiger partial charge on any atom is 0.320 e. The number of hydrogen-bond acceptors (Lipinski definition) is 3. The van der Waals surface area contributed by atoms with Crippen LogP contribution in [0.1, 0.15) is 29.8 Å². The van der Waals surface area contributed by atoms with Crippen LogP contribution in [0.2, 0.25) is 0 Å². The Morgan fingerprint density at radius 3 is 2.75 bits per heavy atom. The van der Waals surface area contributed by atoms with E-state index in [0.717, 1.165) is 65.2 Å². The summed E-state index contributed by atoms with van der Waals surface area (Å²) < 4.78 is 6.05. The molecule has 6 heteroatoms. The number of piperidine rings is 1. The molecular weight excluding hydrogens is 448 g/mol. The largest absolute Gasteiger partial charge is 0.491 e. The van der Waals surface area contributed by atoms with Gasteiger partial charge >= 0.3 is 6.03 Å². The summed E-state index contributed by atoms with van der Waals surface area (Å²) in [4.78, 5) is 25.5. The second kappa shape index (κ2) is 9.69. The van der Waals surface area contributed by atoms with Gasteiger partial charge in [-0.1, -0.05) is 42.5 Å². The number of urea groups is 1. The van der Waals surface area contributed by atoms with Crippen molar-refractivity contribution in [2.75, 3.05) is 26.2 Å². The number of imidazole rings is 1. The lowest BCUT2D eigenvalue weighted by Crippen LogP contribution is -2.48. The Hall–Kier alpha value is -3.80. The fourth-order valence-corrected chi connectivity index (χ4v) is 5.61. The first-order chi connectivity index (χ1) is 17.6. The van der Waals surface area contributed by atoms with Gasteiger partial charge in [-0.15, -0.1) is 0 Å². The number of H-pyrrole nitrogens is 1. The highest BCUT2D eigenvalue weighted by molar-refractivity contribution is 5.82. The SMILES string of the molecule is Cc1nc2ccc(-c3ccc4c(c3)CN(C(=O)N3CCCC(Cc5ccccc5)C3)CCO4)cc2[nH]1. The van der Waals surface area contributed by atoms with Gasteiger partial charge in [0.1, 0.15) is 18.2 Å². The van der Waals surface area contributed by atoms with E-state index in [2.05, 4.69) is 69.5 Å². The first-order valence-electron chi connectivity index (χ1n) is 12.9. The van der Waals surface area contributed by atoms with Gasteiger partial charge in [-0.3, -0.25) is 0 Å². The zero-order chi connectivity index (χ0) is 24.5. The molecule has 0 radical (unpaired) electrons. The standard InChI is InChI=1S/C30H32N4O2/c1-21-31-27-11-9-25(18-28(27)32-21)24-10-12-29-26(17-24)20-34(14-15-36-29)30(35)33-13-5-8-23(19-33)16-22-6-3-2-4-7-22/h2-4,6-7,9-12,17-18,23H,5,8,13-16,19-20H2,1H3,(H,31,32). The highest BCUT2D eigenvalue weighted by atomic mass is 16.5. The molecule has 3 heterocycles. The van der Waals surface area contributed by atoms with Crippen molar-refractivity contribution in [2.24, 2.45) is 5.92 Å². The number of benzene rings is 3. The minimum Gasteiger partial charge on any atom is -0.491 e. The molecule has 1 aromatic heterocycles. The molecule has 1 N–H and O–H groups in total. The maximum atomic E-state index is 13.6. The normalized spacial score (nSPS) is 18.0. The van der Waals surface area contributed by atoms with Crippen molar-refractivity contribution in [1.82, 2.24) is 19.8 Å². The van der Waals surface area contributed by atoms with Crippen LogP contribution in [0.3, 0.4) is 0 Å². The Morgan fingerprint density at radius 1 is 1.03 bits per heavy atom. The van der Waals surface area contributed by atoms with E-state index < -0.39 is 0 Å². The molecular formula is C30H32N4O2. The molecule has 1 atom stereocenters. The van der Waals surface area contributed by atoms with Crippen LogP contribution in [0.4, 0.5) is 4.79 Å². The summed E-state index contributed by atoms with van der Waals surface area (Å²) in [5.74, 6) is 2.29. The van der Waals surface area contributed by atoms with E-state index in [-0.39, 0.29) is 6.03 Å². The van der Waals surface area contributed by atoms with Crippen molar-refractivity contribution < 1.29 is 9.53 Å². The molecule has 6 nitrogen and oxygen atoms in total. The Kier molecular flexibility index (Phi) is 6.09. The summed E-state index contributed by atoms with van der Waals surface area (Å²) in [7, 11) is 0. The number of ether oxygens (including phenoxy) is 1. The Labute approximate surface area is 211 Å². The van der Waals surface area contributed by atoms with Gasteiger partial charge in [0.05, 0.1) is 24.1 Å². The van der Waals surface area contributed by atoms with Gasteiger partial charge in [-0.25, -0.2) is 9.78 Å². The van der Waals surface area contributed by atoms with Gasteiger partial charge < -0.3 is 19.5 Å². The zero-order valence-corrected chi connectivity index (χ0v) is 20.7. The van der Waals surface area contributed by atoms with Crippen LogP contribution in [0.5, 0.6) is 5.75 Å². The Balaban J connectivity index is 1.19. The van der Waals surface area contributed by atoms with Crippen molar-refractivity contribution in [3.63, 3.8) is 0 Å². The number of carbonyl (C=O) groups excluding carboxylic acids is 1. The molecule has 0 bridgehead atoms. The second-order valence-electron chi connectivity index (χ2n) is 10.1. The Morgan fingerprint density at radius 2 is 1.86 bits per heavy atom. The number of aromatic nitrogens is 2. The smallest absolute Gasteiger partial charge is 0.320 e. The number of carbonyl (C=O) groups is 1. The molecule has 0 saturated carbocycles. The summed E-state index contributed by atoms with van der Waals surface area (Å²) in [6, 6.07) is 23.3. The number of fused-ring (bicyclic) bond motifs is 2. The van der Waals surface area contributed by atoms with Crippen LogP contribution in [0.25, 0.3) is 22.2 Å². The summed E-state index contributed by atoms with van der Waals surface area (Å²) >= 11 is 0. The van der Waals surface area contributed by atoms with Crippen LogP contribution in [0, 0.1) is 12.8 Å². The molecule has 2 amide bonds. The molecule has 0 aliphatic carbocycles. The predicted molar refractivity (Wildman–Crippen MR) is 142 cm³/mol. The van der Waals surface area contributed by atoms with E-state index in [1.165, 1.54) is 12.0 Å². The Bertz CT molecular complexity index is 1380. The fraction of sp³-hybridized carbons (Fsp3) is 0.333. The molecule has 1 saturated heterocycles. The molecule has 4 aromatic rings. The highest BCUT2D eigenvalue weighted by Gasteiger charge is 2.29. The van der Waals surface area contributed by atoms with Crippen molar-refractivity contribution in [3.8, 4) is 16.9 Å². The quantitative estimate of drug-likeness (QED) is 0.403. The summed E-state index contributed by atoms with van der Waals surface area (Å²) in [5.41, 5.74) is 6.64. The molecule has 184 valence electrons. The van der Waals surface area contributed by atoms with E-state index in [0.29, 0.717) is 25.6 Å². The summed E-state index contributed by atoms with van der Waals surface area (Å²) in [5, 5.41) is 0. The third-order valence-corrected chi connectivity index (χ3v) is 7.40. The average Bonchev–Trinajstić information content (AvgIpc) is 3.14. The molecule has 1 fully saturated rings. The minimum atomic E-state index is 0.129. The lowest BCUT2D eigenvalue weighted by Gasteiger charge is -2.36. The highest BCUT2D eigenvalue weighted by Crippen LogP contribution is 2.31. The topological polar surface area (TPSA) is 61.5 Å². The van der Waals surface area contributed by atoms with E-state index in [4.69, 9.17) is 4.74 Å². The predicted octanol–water partition coefficient (Wildman–Crippen LogP) is 5.81. The summed E-state index contributed by atoms with van der Waals surface area (Å²) in [6.07, 6.45) is 3.26. The van der Waals surface area contributed by atoms with E-state index in [1.807, 2.05) is 24.0 Å². The molecule has 0 spiro atoms. The number of nitrogens with zero attached hydrogens (tertiary/aromatic N) is 3. The van der Waals surface area contributed by atoms with Crippen molar-refractivity contribution >= 4 is 17.1 Å². The zero-order valence-electron chi connectivity index (χ0n) is 20.7. The van der Waals surface area contributed by atoms with Gasteiger partial charge in [0.15, 0.2) is 0 Å². The van der Waals surface area contributed by atoms with Crippen LogP contribution in [-0.2, 0) is 13.0 Å². The lowest BCUT2D eigenvalue weighted by atomic mass is 9.91. The van der Waals surface area contributed by atoms with E-state index in [9.17, 15) is 4.79 Å². The van der Waals surface area contributed by atoms with Gasteiger partial charge in [0, 0.05) is 18.7 Å². The number of hydrogen-bond donors (Lipinski definition) is 1. The first kappa shape index (κ1) is 22.7. The van der Waals surface area contributed by atoms with Gasteiger partial charge in [-0.2, -0.15) is 0 Å². The van der Waals surface area contributed by atoms with E-state index in [1.54, 1.807) is 0 Å². The second-order valence-corrected chi connectivity index (χ2v) is 10.1. The van der Waals surface area contributed by atoms with E-state index >= 15 is 0 Å². The fourth-order valence-electron chi connectivity index (χ4n) is 5.61. The number of aromatic amines is 1. The van der Waals surface area contributed by atoms with Gasteiger partial charge in [0.2, 0.25) is 0 Å². The number of rotatable bonds is 3. The number of likely N-dealkylation sites (tertiary alicyclic amines) is 1.